The van der Waals surface area contributed by atoms with E-state index < -0.39 is 0 Å². The lowest BCUT2D eigenvalue weighted by Crippen LogP contribution is -2.11. The highest BCUT2D eigenvalue weighted by atomic mass is 16.5. The van der Waals surface area contributed by atoms with Crippen LogP contribution in [0.25, 0.3) is 0 Å². The third-order valence-corrected chi connectivity index (χ3v) is 4.90. The minimum atomic E-state index is 0.488. The number of aliphatic imine (C=N–C) groups is 1. The van der Waals surface area contributed by atoms with Crippen molar-refractivity contribution in [1.82, 2.24) is 0 Å². The molecule has 31 heavy (non-hydrogen) atoms. The molecule has 0 N–H and O–H groups in total. The van der Waals surface area contributed by atoms with E-state index in [1.165, 1.54) is 11.1 Å². The molecule has 4 heteroatoms. The molecule has 0 radical (unpaired) electrons. The normalized spacial score (nSPS) is 11.9. The van der Waals surface area contributed by atoms with Crippen LogP contribution in [-0.2, 0) is 0 Å². The fourth-order valence-electron chi connectivity index (χ4n) is 3.07. The van der Waals surface area contributed by atoms with Crippen molar-refractivity contribution in [2.24, 2.45) is 4.99 Å². The predicted octanol–water partition coefficient (Wildman–Crippen LogP) is 7.02. The van der Waals surface area contributed by atoms with Crippen LogP contribution in [-0.4, -0.2) is 13.0 Å². The number of hydrogen-bond acceptors (Lipinski definition) is 4. The molecule has 0 bridgehead atoms. The molecular weight excluding hydrogens is 386 g/mol. The molecule has 3 rings (SSSR count). The van der Waals surface area contributed by atoms with Gasteiger partial charge in [0.25, 0.3) is 0 Å². The largest absolute Gasteiger partial charge is 0.497 e. The van der Waals surface area contributed by atoms with Crippen LogP contribution in [0.15, 0.2) is 77.5 Å². The van der Waals surface area contributed by atoms with Crippen LogP contribution in [0, 0.1) is 27.7 Å². The maximum absolute atomic E-state index is 6.22. The van der Waals surface area contributed by atoms with Crippen LogP contribution in [0.4, 0.5) is 5.69 Å². The zero-order valence-electron chi connectivity index (χ0n) is 19.0. The Hall–Kier alpha value is -3.53. The fraction of sp³-hybridized carbons (Fsp3) is 0.222. The Bertz CT molecular complexity index is 1090. The molecule has 0 aromatic heterocycles. The minimum Gasteiger partial charge on any atom is -0.497 e. The highest BCUT2D eigenvalue weighted by molar-refractivity contribution is 5.96. The van der Waals surface area contributed by atoms with Crippen molar-refractivity contribution in [3.05, 3.63) is 94.8 Å². The summed E-state index contributed by atoms with van der Waals surface area (Å²) in [6, 6.07) is 19.6. The molecule has 0 fully saturated rings. The van der Waals surface area contributed by atoms with E-state index in [4.69, 9.17) is 19.2 Å². The van der Waals surface area contributed by atoms with E-state index in [0.29, 0.717) is 11.6 Å². The van der Waals surface area contributed by atoms with E-state index in [1.54, 1.807) is 13.4 Å². The van der Waals surface area contributed by atoms with Crippen LogP contribution < -0.4 is 14.2 Å². The van der Waals surface area contributed by atoms with Gasteiger partial charge in [-0.3, -0.25) is 0 Å². The van der Waals surface area contributed by atoms with Gasteiger partial charge in [-0.1, -0.05) is 12.1 Å². The number of aryl methyl sites for hydroxylation is 4. The Labute approximate surface area is 184 Å². The number of hydrogen-bond donors (Lipinski definition) is 0. The van der Waals surface area contributed by atoms with Crippen molar-refractivity contribution in [3.63, 3.8) is 0 Å². The van der Waals surface area contributed by atoms with Crippen LogP contribution in [0.1, 0.15) is 29.2 Å². The van der Waals surface area contributed by atoms with E-state index in [9.17, 15) is 0 Å². The van der Waals surface area contributed by atoms with Crippen molar-refractivity contribution < 1.29 is 14.2 Å². The van der Waals surface area contributed by atoms with Crippen LogP contribution >= 0.6 is 0 Å². The first kappa shape index (κ1) is 22.2. The van der Waals surface area contributed by atoms with Gasteiger partial charge < -0.3 is 14.2 Å². The Morgan fingerprint density at radius 2 is 1.39 bits per heavy atom. The van der Waals surface area contributed by atoms with Gasteiger partial charge in [0, 0.05) is 5.57 Å². The van der Waals surface area contributed by atoms with Crippen molar-refractivity contribution in [1.29, 1.82) is 0 Å². The van der Waals surface area contributed by atoms with Crippen molar-refractivity contribution >= 4 is 11.6 Å². The minimum absolute atomic E-state index is 0.488. The molecule has 0 amide bonds. The summed E-state index contributed by atoms with van der Waals surface area (Å²) in [4.78, 5) is 4.78. The topological polar surface area (TPSA) is 40.0 Å². The molecule has 0 saturated carbocycles. The summed E-state index contributed by atoms with van der Waals surface area (Å²) in [5.74, 6) is 2.72. The maximum Gasteiger partial charge on any atom is 0.225 e. The van der Waals surface area contributed by atoms with Crippen LogP contribution in [0.3, 0.4) is 0 Å². The summed E-state index contributed by atoms with van der Waals surface area (Å²) >= 11 is 0. The number of methoxy groups -OCH3 is 1. The predicted molar refractivity (Wildman–Crippen MR) is 127 cm³/mol. The van der Waals surface area contributed by atoms with Gasteiger partial charge >= 0.3 is 0 Å². The van der Waals surface area contributed by atoms with Crippen molar-refractivity contribution in [2.75, 3.05) is 7.11 Å². The molecule has 3 aromatic carbocycles. The SMILES string of the molecule is COc1ccc(OC=C(C)C(=Nc2ccc(C)c(C)c2)Oc2cc(C)cc(C)c2)cc1. The number of ether oxygens (including phenoxy) is 3. The summed E-state index contributed by atoms with van der Waals surface area (Å²) in [7, 11) is 1.64. The number of benzene rings is 3. The average Bonchev–Trinajstić information content (AvgIpc) is 2.74. The number of rotatable bonds is 6. The van der Waals surface area contributed by atoms with Gasteiger partial charge in [0.15, 0.2) is 0 Å². The van der Waals surface area contributed by atoms with Gasteiger partial charge in [0.1, 0.15) is 17.2 Å². The molecule has 0 aliphatic heterocycles. The summed E-state index contributed by atoms with van der Waals surface area (Å²) < 4.78 is 17.2. The second kappa shape index (κ2) is 9.98. The third-order valence-electron chi connectivity index (χ3n) is 4.90. The average molecular weight is 416 g/mol. The fourth-order valence-corrected chi connectivity index (χ4v) is 3.07. The quantitative estimate of drug-likeness (QED) is 0.247. The summed E-state index contributed by atoms with van der Waals surface area (Å²) in [6.07, 6.45) is 1.66. The number of nitrogens with zero attached hydrogens (tertiary/aromatic N) is 1. The molecule has 0 heterocycles. The standard InChI is InChI=1S/C27H29NO3/c1-18-13-19(2)15-26(14-18)31-27(28-23-8-7-20(3)21(4)16-23)22(5)17-30-25-11-9-24(29-6)10-12-25/h7-17H,1-6H3. The molecule has 0 saturated heterocycles. The van der Waals surface area contributed by atoms with Gasteiger partial charge in [-0.05, 0) is 105 Å². The van der Waals surface area contributed by atoms with E-state index in [2.05, 4.69) is 45.9 Å². The smallest absolute Gasteiger partial charge is 0.225 e. The Kier molecular flexibility index (Phi) is 7.14. The first-order valence-electron chi connectivity index (χ1n) is 10.2. The molecule has 0 spiro atoms. The zero-order valence-corrected chi connectivity index (χ0v) is 19.0. The van der Waals surface area contributed by atoms with Crippen LogP contribution in [0.5, 0.6) is 17.2 Å². The highest BCUT2D eigenvalue weighted by Crippen LogP contribution is 2.23. The maximum atomic E-state index is 6.22. The summed E-state index contributed by atoms with van der Waals surface area (Å²) in [5, 5.41) is 0. The van der Waals surface area contributed by atoms with Gasteiger partial charge in [-0.15, -0.1) is 0 Å². The third kappa shape index (κ3) is 6.22. The first-order chi connectivity index (χ1) is 14.8. The van der Waals surface area contributed by atoms with E-state index >= 15 is 0 Å². The van der Waals surface area contributed by atoms with Crippen LogP contribution in [0.2, 0.25) is 0 Å². The van der Waals surface area contributed by atoms with E-state index in [1.807, 2.05) is 49.4 Å². The summed E-state index contributed by atoms with van der Waals surface area (Å²) in [5.41, 5.74) is 6.29. The molecule has 3 aromatic rings. The van der Waals surface area contributed by atoms with Gasteiger partial charge in [0.2, 0.25) is 5.90 Å². The van der Waals surface area contributed by atoms with Crippen molar-refractivity contribution in [3.8, 4) is 17.2 Å². The van der Waals surface area contributed by atoms with Gasteiger partial charge in [0.05, 0.1) is 19.1 Å². The Morgan fingerprint density at radius 3 is 2.00 bits per heavy atom. The van der Waals surface area contributed by atoms with E-state index in [0.717, 1.165) is 33.9 Å². The summed E-state index contributed by atoms with van der Waals surface area (Å²) in [6.45, 7) is 10.2. The lowest BCUT2D eigenvalue weighted by molar-refractivity contribution is 0.412. The Balaban J connectivity index is 1.92. The molecule has 0 unspecified atom stereocenters. The molecule has 4 nitrogen and oxygen atoms in total. The first-order valence-corrected chi connectivity index (χ1v) is 10.2. The second-order valence-corrected chi connectivity index (χ2v) is 7.71. The second-order valence-electron chi connectivity index (χ2n) is 7.71. The highest BCUT2D eigenvalue weighted by Gasteiger charge is 2.09. The van der Waals surface area contributed by atoms with Gasteiger partial charge in [-0.25, -0.2) is 4.99 Å². The van der Waals surface area contributed by atoms with Crippen molar-refractivity contribution in [2.45, 2.75) is 34.6 Å². The molecule has 0 aliphatic rings. The van der Waals surface area contributed by atoms with Gasteiger partial charge in [-0.2, -0.15) is 0 Å². The molecule has 160 valence electrons. The lowest BCUT2D eigenvalue weighted by Gasteiger charge is -2.12. The molecule has 0 atom stereocenters. The lowest BCUT2D eigenvalue weighted by atomic mass is 10.1. The van der Waals surface area contributed by atoms with E-state index in [-0.39, 0.29) is 0 Å². The monoisotopic (exact) mass is 415 g/mol. The zero-order chi connectivity index (χ0) is 22.4. The molecule has 0 aliphatic carbocycles. The Morgan fingerprint density at radius 1 is 0.742 bits per heavy atom. The molecular formula is C27H29NO3.